The van der Waals surface area contributed by atoms with Gasteiger partial charge in [-0.1, -0.05) is 0 Å². The van der Waals surface area contributed by atoms with Crippen LogP contribution in [0, 0.1) is 0 Å². The summed E-state index contributed by atoms with van der Waals surface area (Å²) in [5, 5.41) is 3.58. The van der Waals surface area contributed by atoms with Crippen LogP contribution in [0.15, 0.2) is 0 Å². The molecular formula is C9H10ClF3N2O. The third kappa shape index (κ3) is 2.04. The molecule has 0 unspecified atom stereocenters. The van der Waals surface area contributed by atoms with Crippen LogP contribution in [0.25, 0.3) is 0 Å². The zero-order chi connectivity index (χ0) is 11.8. The van der Waals surface area contributed by atoms with Gasteiger partial charge in [-0.05, 0) is 0 Å². The molecule has 0 aliphatic carbocycles. The lowest BCUT2D eigenvalue weighted by Gasteiger charge is -2.15. The minimum absolute atomic E-state index is 0.0214. The average molecular weight is 255 g/mol. The first-order valence-corrected chi connectivity index (χ1v) is 5.37. The highest BCUT2D eigenvalue weighted by molar-refractivity contribution is 6.17. The van der Waals surface area contributed by atoms with E-state index in [-0.39, 0.29) is 18.1 Å². The van der Waals surface area contributed by atoms with Gasteiger partial charge in [0, 0.05) is 23.6 Å². The van der Waals surface area contributed by atoms with Gasteiger partial charge in [0.05, 0.1) is 19.8 Å². The molecule has 2 rings (SSSR count). The number of rotatable bonds is 2. The second-order valence-electron chi connectivity index (χ2n) is 3.49. The molecule has 0 N–H and O–H groups in total. The maximum Gasteiger partial charge on any atom is 0.435 e. The third-order valence-electron chi connectivity index (χ3n) is 2.46. The summed E-state index contributed by atoms with van der Waals surface area (Å²) in [7, 11) is 0. The van der Waals surface area contributed by atoms with Crippen LogP contribution >= 0.6 is 11.6 Å². The molecule has 0 amide bonds. The minimum atomic E-state index is -4.43. The predicted molar refractivity (Wildman–Crippen MR) is 51.3 cm³/mol. The van der Waals surface area contributed by atoms with Gasteiger partial charge in [-0.25, -0.2) is 0 Å². The summed E-state index contributed by atoms with van der Waals surface area (Å²) in [4.78, 5) is 0. The molecule has 1 aromatic heterocycles. The van der Waals surface area contributed by atoms with Crippen molar-refractivity contribution in [1.29, 1.82) is 0 Å². The largest absolute Gasteiger partial charge is 0.435 e. The second kappa shape index (κ2) is 4.25. The van der Waals surface area contributed by atoms with E-state index < -0.39 is 11.9 Å². The van der Waals surface area contributed by atoms with E-state index in [9.17, 15) is 13.2 Å². The van der Waals surface area contributed by atoms with Crippen LogP contribution in [0.3, 0.4) is 0 Å². The fraction of sp³-hybridized carbons (Fsp3) is 0.667. The fourth-order valence-electron chi connectivity index (χ4n) is 1.80. The number of fused-ring (bicyclic) bond motifs is 1. The molecule has 0 radical (unpaired) electrons. The summed E-state index contributed by atoms with van der Waals surface area (Å²) in [6.07, 6.45) is -3.97. The highest BCUT2D eigenvalue weighted by atomic mass is 35.5. The maximum absolute atomic E-state index is 12.7. The Balaban J connectivity index is 2.46. The van der Waals surface area contributed by atoms with Crippen molar-refractivity contribution in [3.05, 3.63) is 17.0 Å². The Bertz CT molecular complexity index is 389. The molecule has 0 spiro atoms. The van der Waals surface area contributed by atoms with Crippen LogP contribution in [0.5, 0.6) is 0 Å². The van der Waals surface area contributed by atoms with Crippen molar-refractivity contribution in [3.63, 3.8) is 0 Å². The van der Waals surface area contributed by atoms with Crippen molar-refractivity contribution in [2.45, 2.75) is 25.7 Å². The summed E-state index contributed by atoms with van der Waals surface area (Å²) in [6.45, 7) is 0.699. The molecule has 1 aliphatic heterocycles. The van der Waals surface area contributed by atoms with E-state index in [1.165, 1.54) is 4.68 Å². The molecular weight excluding hydrogens is 245 g/mol. The number of alkyl halides is 4. The molecule has 0 aromatic carbocycles. The normalized spacial score (nSPS) is 16.2. The Morgan fingerprint density at radius 2 is 2.19 bits per heavy atom. The first-order chi connectivity index (χ1) is 7.54. The number of nitrogens with zero attached hydrogens (tertiary/aromatic N) is 2. The third-order valence-corrected chi connectivity index (χ3v) is 2.63. The van der Waals surface area contributed by atoms with Crippen molar-refractivity contribution in [2.24, 2.45) is 0 Å². The number of aromatic nitrogens is 2. The average Bonchev–Trinajstić information content (AvgIpc) is 2.58. The fourth-order valence-corrected chi connectivity index (χ4v) is 1.96. The van der Waals surface area contributed by atoms with Crippen LogP contribution in [-0.2, 0) is 30.5 Å². The number of ether oxygens (including phenoxy) is 1. The molecule has 0 saturated heterocycles. The van der Waals surface area contributed by atoms with Gasteiger partial charge in [-0.2, -0.15) is 18.3 Å². The monoisotopic (exact) mass is 254 g/mol. The van der Waals surface area contributed by atoms with E-state index in [2.05, 4.69) is 5.10 Å². The van der Waals surface area contributed by atoms with E-state index in [0.29, 0.717) is 25.3 Å². The van der Waals surface area contributed by atoms with Crippen molar-refractivity contribution < 1.29 is 17.9 Å². The van der Waals surface area contributed by atoms with E-state index in [1.54, 1.807) is 0 Å². The van der Waals surface area contributed by atoms with Gasteiger partial charge in [0.2, 0.25) is 0 Å². The molecule has 7 heteroatoms. The van der Waals surface area contributed by atoms with Crippen LogP contribution in [0.2, 0.25) is 0 Å². The summed E-state index contributed by atoms with van der Waals surface area (Å²) in [5.41, 5.74) is -0.0876. The van der Waals surface area contributed by atoms with Crippen LogP contribution < -0.4 is 0 Å². The number of hydrogen-bond donors (Lipinski definition) is 0. The molecule has 0 bridgehead atoms. The smallest absolute Gasteiger partial charge is 0.376 e. The Morgan fingerprint density at radius 1 is 1.44 bits per heavy atom. The predicted octanol–water partition coefficient (Wildman–Crippen LogP) is 2.21. The molecule has 2 heterocycles. The van der Waals surface area contributed by atoms with Crippen LogP contribution in [0.1, 0.15) is 17.0 Å². The molecule has 0 fully saturated rings. The van der Waals surface area contributed by atoms with Crippen molar-refractivity contribution in [2.75, 3.05) is 12.5 Å². The maximum atomic E-state index is 12.7. The lowest BCUT2D eigenvalue weighted by atomic mass is 10.1. The highest BCUT2D eigenvalue weighted by Gasteiger charge is 2.39. The Labute approximate surface area is 95.1 Å². The summed E-state index contributed by atoms with van der Waals surface area (Å²) in [5.74, 6) is 0.242. The van der Waals surface area contributed by atoms with E-state index in [0.717, 1.165) is 0 Å². The van der Waals surface area contributed by atoms with Crippen molar-refractivity contribution >= 4 is 11.6 Å². The van der Waals surface area contributed by atoms with E-state index in [1.807, 2.05) is 0 Å². The first-order valence-electron chi connectivity index (χ1n) is 4.83. The van der Waals surface area contributed by atoms with E-state index >= 15 is 0 Å². The Kier molecular flexibility index (Phi) is 3.12. The molecule has 1 aromatic rings. The number of hydrogen-bond acceptors (Lipinski definition) is 2. The topological polar surface area (TPSA) is 27.1 Å². The van der Waals surface area contributed by atoms with Gasteiger partial charge in [0.25, 0.3) is 0 Å². The lowest BCUT2D eigenvalue weighted by molar-refractivity contribution is -0.142. The summed E-state index contributed by atoms with van der Waals surface area (Å²) in [6, 6.07) is 0. The zero-order valence-electron chi connectivity index (χ0n) is 8.35. The SMILES string of the molecule is FC(F)(F)c1nn(CCCl)c2c1COCC2. The second-order valence-corrected chi connectivity index (χ2v) is 3.86. The first kappa shape index (κ1) is 11.7. The molecule has 1 aliphatic rings. The van der Waals surface area contributed by atoms with Crippen molar-refractivity contribution in [1.82, 2.24) is 9.78 Å². The molecule has 0 atom stereocenters. The van der Waals surface area contributed by atoms with Crippen LogP contribution in [-0.4, -0.2) is 22.3 Å². The summed E-state index contributed by atoms with van der Waals surface area (Å²) < 4.78 is 44.4. The van der Waals surface area contributed by atoms with Gasteiger partial charge >= 0.3 is 6.18 Å². The quantitative estimate of drug-likeness (QED) is 0.757. The van der Waals surface area contributed by atoms with Gasteiger partial charge in [-0.15, -0.1) is 11.6 Å². The van der Waals surface area contributed by atoms with Crippen LogP contribution in [0.4, 0.5) is 13.2 Å². The zero-order valence-corrected chi connectivity index (χ0v) is 9.11. The van der Waals surface area contributed by atoms with Gasteiger partial charge in [0.1, 0.15) is 0 Å². The van der Waals surface area contributed by atoms with E-state index in [4.69, 9.17) is 16.3 Å². The van der Waals surface area contributed by atoms with Gasteiger partial charge < -0.3 is 4.74 Å². The number of aryl methyl sites for hydroxylation is 1. The Morgan fingerprint density at radius 3 is 2.81 bits per heavy atom. The Hall–Kier alpha value is -0.750. The highest BCUT2D eigenvalue weighted by Crippen LogP contribution is 2.34. The minimum Gasteiger partial charge on any atom is -0.376 e. The summed E-state index contributed by atoms with van der Waals surface area (Å²) >= 11 is 5.53. The lowest BCUT2D eigenvalue weighted by Crippen LogP contribution is -2.15. The number of halogens is 4. The molecule has 0 saturated carbocycles. The van der Waals surface area contributed by atoms with Gasteiger partial charge in [-0.3, -0.25) is 4.68 Å². The van der Waals surface area contributed by atoms with Crippen molar-refractivity contribution in [3.8, 4) is 0 Å². The molecule has 16 heavy (non-hydrogen) atoms. The molecule has 90 valence electrons. The molecule has 3 nitrogen and oxygen atoms in total. The van der Waals surface area contributed by atoms with Gasteiger partial charge in [0.15, 0.2) is 5.69 Å². The standard InChI is InChI=1S/C9H10ClF3N2O/c10-2-3-15-7-1-4-16-5-6(7)8(14-15)9(11,12)13/h1-5H2.